The maximum absolute atomic E-state index is 12.5. The van der Waals surface area contributed by atoms with E-state index in [1.54, 1.807) is 46.2 Å². The number of carbonyl (C=O) groups excluding carboxylic acids is 2. The highest BCUT2D eigenvalue weighted by atomic mass is 16.5. The first kappa shape index (κ1) is 17.5. The van der Waals surface area contributed by atoms with E-state index in [9.17, 15) is 9.59 Å². The molecule has 2 aromatic carbocycles. The van der Waals surface area contributed by atoms with E-state index in [4.69, 9.17) is 10.00 Å². The van der Waals surface area contributed by atoms with E-state index in [1.165, 1.54) is 0 Å². The van der Waals surface area contributed by atoms with Crippen LogP contribution in [0.3, 0.4) is 0 Å². The minimum Gasteiger partial charge on any atom is -0.484 e. The monoisotopic (exact) mass is 349 g/mol. The molecule has 0 saturated carbocycles. The first-order chi connectivity index (χ1) is 12.7. The molecule has 6 nitrogen and oxygen atoms in total. The van der Waals surface area contributed by atoms with Crippen molar-refractivity contribution in [1.82, 2.24) is 9.80 Å². The second-order valence-electron chi connectivity index (χ2n) is 5.97. The van der Waals surface area contributed by atoms with Gasteiger partial charge in [-0.2, -0.15) is 5.26 Å². The third-order valence-corrected chi connectivity index (χ3v) is 4.26. The Balaban J connectivity index is 1.51. The normalized spacial score (nSPS) is 13.8. The van der Waals surface area contributed by atoms with Gasteiger partial charge in [-0.25, -0.2) is 0 Å². The van der Waals surface area contributed by atoms with Crippen LogP contribution in [0, 0.1) is 11.3 Å². The van der Waals surface area contributed by atoms with Gasteiger partial charge in [-0.15, -0.1) is 0 Å². The van der Waals surface area contributed by atoms with Gasteiger partial charge < -0.3 is 14.5 Å². The Labute approximate surface area is 152 Å². The predicted molar refractivity (Wildman–Crippen MR) is 95.6 cm³/mol. The lowest BCUT2D eigenvalue weighted by Gasteiger charge is -2.34. The largest absolute Gasteiger partial charge is 0.484 e. The lowest BCUT2D eigenvalue weighted by molar-refractivity contribution is -0.134. The van der Waals surface area contributed by atoms with Crippen molar-refractivity contribution in [2.45, 2.75) is 0 Å². The summed E-state index contributed by atoms with van der Waals surface area (Å²) in [5.74, 6) is 0.453. The zero-order valence-corrected chi connectivity index (χ0v) is 14.3. The third kappa shape index (κ3) is 4.19. The minimum absolute atomic E-state index is 0.0117. The van der Waals surface area contributed by atoms with Gasteiger partial charge >= 0.3 is 0 Å². The maximum Gasteiger partial charge on any atom is 0.260 e. The number of ether oxygens (including phenoxy) is 1. The van der Waals surface area contributed by atoms with Gasteiger partial charge in [0.05, 0.1) is 11.6 Å². The first-order valence-electron chi connectivity index (χ1n) is 8.42. The van der Waals surface area contributed by atoms with Crippen molar-refractivity contribution in [3.63, 3.8) is 0 Å². The van der Waals surface area contributed by atoms with E-state index in [0.29, 0.717) is 43.1 Å². The molecule has 0 atom stereocenters. The maximum atomic E-state index is 12.5. The number of amides is 2. The van der Waals surface area contributed by atoms with Crippen LogP contribution in [0.4, 0.5) is 0 Å². The number of carbonyl (C=O) groups is 2. The summed E-state index contributed by atoms with van der Waals surface area (Å²) in [6.45, 7) is 1.86. The molecule has 6 heteroatoms. The van der Waals surface area contributed by atoms with Gasteiger partial charge in [0, 0.05) is 31.7 Å². The summed E-state index contributed by atoms with van der Waals surface area (Å²) in [6.07, 6.45) is 0. The lowest BCUT2D eigenvalue weighted by atomic mass is 10.1. The summed E-state index contributed by atoms with van der Waals surface area (Å²) in [5.41, 5.74) is 0.957. The second-order valence-corrected chi connectivity index (χ2v) is 5.97. The van der Waals surface area contributed by atoms with Gasteiger partial charge in [0.15, 0.2) is 6.61 Å². The number of nitriles is 1. The van der Waals surface area contributed by atoms with E-state index in [-0.39, 0.29) is 18.4 Å². The third-order valence-electron chi connectivity index (χ3n) is 4.26. The lowest BCUT2D eigenvalue weighted by Crippen LogP contribution is -2.51. The molecule has 0 aliphatic carbocycles. The number of rotatable bonds is 4. The molecular weight excluding hydrogens is 330 g/mol. The Morgan fingerprint density at radius 1 is 0.962 bits per heavy atom. The van der Waals surface area contributed by atoms with Gasteiger partial charge in [-0.05, 0) is 30.3 Å². The molecule has 1 aliphatic rings. The fourth-order valence-corrected chi connectivity index (χ4v) is 2.82. The molecule has 0 bridgehead atoms. The molecule has 132 valence electrons. The van der Waals surface area contributed by atoms with Crippen LogP contribution < -0.4 is 4.74 Å². The summed E-state index contributed by atoms with van der Waals surface area (Å²) >= 11 is 0. The van der Waals surface area contributed by atoms with Gasteiger partial charge in [0.1, 0.15) is 5.75 Å². The van der Waals surface area contributed by atoms with Crippen molar-refractivity contribution >= 4 is 11.8 Å². The van der Waals surface area contributed by atoms with Gasteiger partial charge in [-0.1, -0.05) is 24.3 Å². The SMILES string of the molecule is N#Cc1cccc(C(=O)N2CCN(C(=O)COc3ccccc3)CC2)c1. The Kier molecular flexibility index (Phi) is 5.49. The van der Waals surface area contributed by atoms with Crippen molar-refractivity contribution < 1.29 is 14.3 Å². The molecule has 0 spiro atoms. The molecule has 0 aromatic heterocycles. The molecule has 1 heterocycles. The van der Waals surface area contributed by atoms with E-state index < -0.39 is 0 Å². The van der Waals surface area contributed by atoms with E-state index in [1.807, 2.05) is 24.3 Å². The fourth-order valence-electron chi connectivity index (χ4n) is 2.82. The van der Waals surface area contributed by atoms with Crippen LogP contribution in [-0.4, -0.2) is 54.4 Å². The van der Waals surface area contributed by atoms with Crippen LogP contribution in [0.5, 0.6) is 5.75 Å². The average Bonchev–Trinajstić information content (AvgIpc) is 2.72. The van der Waals surface area contributed by atoms with E-state index in [0.717, 1.165) is 0 Å². The Hall–Kier alpha value is -3.33. The Morgan fingerprint density at radius 3 is 2.35 bits per heavy atom. The summed E-state index contributed by atoms with van der Waals surface area (Å²) in [6, 6.07) is 17.9. The van der Waals surface area contributed by atoms with Crippen molar-refractivity contribution in [3.05, 3.63) is 65.7 Å². The van der Waals surface area contributed by atoms with Gasteiger partial charge in [0.25, 0.3) is 11.8 Å². The number of benzene rings is 2. The quantitative estimate of drug-likeness (QED) is 0.845. The van der Waals surface area contributed by atoms with Crippen LogP contribution in [0.25, 0.3) is 0 Å². The van der Waals surface area contributed by atoms with Crippen LogP contribution in [-0.2, 0) is 4.79 Å². The van der Waals surface area contributed by atoms with Crippen LogP contribution in [0.2, 0.25) is 0 Å². The van der Waals surface area contributed by atoms with Gasteiger partial charge in [0.2, 0.25) is 0 Å². The number of piperazine rings is 1. The molecule has 0 unspecified atom stereocenters. The van der Waals surface area contributed by atoms with E-state index >= 15 is 0 Å². The molecule has 1 aliphatic heterocycles. The number of hydrogen-bond acceptors (Lipinski definition) is 4. The topological polar surface area (TPSA) is 73.6 Å². The standard InChI is InChI=1S/C20H19N3O3/c21-14-16-5-4-6-17(13-16)20(25)23-11-9-22(10-12-23)19(24)15-26-18-7-2-1-3-8-18/h1-8,13H,9-12,15H2. The molecular formula is C20H19N3O3. The molecule has 3 rings (SSSR count). The number of hydrogen-bond donors (Lipinski definition) is 0. The zero-order chi connectivity index (χ0) is 18.4. The summed E-state index contributed by atoms with van der Waals surface area (Å²) in [7, 11) is 0. The smallest absolute Gasteiger partial charge is 0.260 e. The van der Waals surface area contributed by atoms with Gasteiger partial charge in [-0.3, -0.25) is 9.59 Å². The van der Waals surface area contributed by atoms with Crippen molar-refractivity contribution in [3.8, 4) is 11.8 Å². The fraction of sp³-hybridized carbons (Fsp3) is 0.250. The van der Waals surface area contributed by atoms with Crippen LogP contribution in [0.15, 0.2) is 54.6 Å². The average molecular weight is 349 g/mol. The summed E-state index contributed by atoms with van der Waals surface area (Å²) < 4.78 is 5.49. The minimum atomic E-state index is -0.116. The number of para-hydroxylation sites is 1. The zero-order valence-electron chi connectivity index (χ0n) is 14.3. The summed E-state index contributed by atoms with van der Waals surface area (Å²) in [4.78, 5) is 28.2. The summed E-state index contributed by atoms with van der Waals surface area (Å²) in [5, 5.41) is 8.95. The van der Waals surface area contributed by atoms with E-state index in [2.05, 4.69) is 0 Å². The predicted octanol–water partition coefficient (Wildman–Crippen LogP) is 1.92. The molecule has 1 saturated heterocycles. The molecule has 0 radical (unpaired) electrons. The number of nitrogens with zero attached hydrogens (tertiary/aromatic N) is 3. The van der Waals surface area contributed by atoms with Crippen molar-refractivity contribution in [2.24, 2.45) is 0 Å². The highest BCUT2D eigenvalue weighted by molar-refractivity contribution is 5.94. The van der Waals surface area contributed by atoms with Crippen LogP contribution in [0.1, 0.15) is 15.9 Å². The first-order valence-corrected chi connectivity index (χ1v) is 8.42. The molecule has 0 N–H and O–H groups in total. The Bertz CT molecular complexity index is 822. The Morgan fingerprint density at radius 2 is 1.65 bits per heavy atom. The van der Waals surface area contributed by atoms with Crippen LogP contribution >= 0.6 is 0 Å². The highest BCUT2D eigenvalue weighted by Gasteiger charge is 2.25. The highest BCUT2D eigenvalue weighted by Crippen LogP contribution is 2.12. The molecule has 26 heavy (non-hydrogen) atoms. The van der Waals surface area contributed by atoms with Crippen molar-refractivity contribution in [1.29, 1.82) is 5.26 Å². The molecule has 2 amide bonds. The van der Waals surface area contributed by atoms with Crippen molar-refractivity contribution in [2.75, 3.05) is 32.8 Å². The second kappa shape index (κ2) is 8.17. The molecule has 1 fully saturated rings. The molecule has 2 aromatic rings.